The number of carbonyl (C=O) groups excluding carboxylic acids is 1. The number of hydrogen-bond acceptors (Lipinski definition) is 5. The van der Waals surface area contributed by atoms with Crippen molar-refractivity contribution in [3.05, 3.63) is 45.8 Å². The minimum absolute atomic E-state index is 0.110. The molecule has 7 heteroatoms. The average Bonchev–Trinajstić information content (AvgIpc) is 2.87. The molecule has 0 radical (unpaired) electrons. The SMILES string of the molecule is CCCc1noc(COC(=O)c2cc(F)ccc2Br)n1. The third-order valence-electron chi connectivity index (χ3n) is 2.46. The molecule has 1 aromatic heterocycles. The fraction of sp³-hybridized carbons (Fsp3) is 0.308. The van der Waals surface area contributed by atoms with Crippen LogP contribution in [0.4, 0.5) is 4.39 Å². The van der Waals surface area contributed by atoms with E-state index >= 15 is 0 Å². The Morgan fingerprint density at radius 1 is 1.50 bits per heavy atom. The van der Waals surface area contributed by atoms with Gasteiger partial charge in [-0.2, -0.15) is 4.98 Å². The van der Waals surface area contributed by atoms with Crippen molar-refractivity contribution in [2.75, 3.05) is 0 Å². The lowest BCUT2D eigenvalue weighted by atomic mass is 10.2. The lowest BCUT2D eigenvalue weighted by molar-refractivity contribution is 0.0428. The maximum absolute atomic E-state index is 13.1. The number of rotatable bonds is 5. The summed E-state index contributed by atoms with van der Waals surface area (Å²) in [7, 11) is 0. The highest BCUT2D eigenvalue weighted by Crippen LogP contribution is 2.19. The monoisotopic (exact) mass is 342 g/mol. The summed E-state index contributed by atoms with van der Waals surface area (Å²) in [5, 5.41) is 3.74. The van der Waals surface area contributed by atoms with Gasteiger partial charge in [0.2, 0.25) is 0 Å². The van der Waals surface area contributed by atoms with Crippen LogP contribution in [0, 0.1) is 5.82 Å². The summed E-state index contributed by atoms with van der Waals surface area (Å²) in [6.07, 6.45) is 1.60. The molecule has 1 heterocycles. The van der Waals surface area contributed by atoms with Crippen molar-refractivity contribution >= 4 is 21.9 Å². The lowest BCUT2D eigenvalue weighted by Gasteiger charge is -2.04. The van der Waals surface area contributed by atoms with Crippen LogP contribution in [0.3, 0.4) is 0 Å². The van der Waals surface area contributed by atoms with Crippen LogP contribution in [0.2, 0.25) is 0 Å². The summed E-state index contributed by atoms with van der Waals surface area (Å²) in [5.74, 6) is -0.380. The van der Waals surface area contributed by atoms with Crippen LogP contribution < -0.4 is 0 Å². The van der Waals surface area contributed by atoms with Crippen LogP contribution in [0.25, 0.3) is 0 Å². The van der Waals surface area contributed by atoms with Gasteiger partial charge in [0.25, 0.3) is 5.89 Å². The van der Waals surface area contributed by atoms with E-state index in [0.29, 0.717) is 16.7 Å². The van der Waals surface area contributed by atoms with E-state index in [4.69, 9.17) is 9.26 Å². The van der Waals surface area contributed by atoms with Crippen molar-refractivity contribution < 1.29 is 18.4 Å². The third-order valence-corrected chi connectivity index (χ3v) is 3.15. The van der Waals surface area contributed by atoms with Crippen molar-refractivity contribution in [2.24, 2.45) is 0 Å². The normalized spacial score (nSPS) is 10.6. The van der Waals surface area contributed by atoms with Gasteiger partial charge in [0, 0.05) is 10.9 Å². The Morgan fingerprint density at radius 3 is 3.05 bits per heavy atom. The van der Waals surface area contributed by atoms with Gasteiger partial charge >= 0.3 is 5.97 Å². The van der Waals surface area contributed by atoms with Crippen molar-refractivity contribution in [2.45, 2.75) is 26.4 Å². The van der Waals surface area contributed by atoms with Crippen LogP contribution in [0.15, 0.2) is 27.2 Å². The van der Waals surface area contributed by atoms with E-state index in [2.05, 4.69) is 26.1 Å². The van der Waals surface area contributed by atoms with E-state index in [1.54, 1.807) is 0 Å². The van der Waals surface area contributed by atoms with E-state index in [-0.39, 0.29) is 18.1 Å². The molecule has 0 bridgehead atoms. The van der Waals surface area contributed by atoms with Gasteiger partial charge in [-0.05, 0) is 40.5 Å². The van der Waals surface area contributed by atoms with Gasteiger partial charge in [0.15, 0.2) is 12.4 Å². The minimum Gasteiger partial charge on any atom is -0.452 e. The molecule has 2 rings (SSSR count). The Morgan fingerprint density at radius 2 is 2.30 bits per heavy atom. The van der Waals surface area contributed by atoms with Crippen LogP contribution in [-0.2, 0) is 17.8 Å². The van der Waals surface area contributed by atoms with Crippen LogP contribution in [-0.4, -0.2) is 16.1 Å². The summed E-state index contributed by atoms with van der Waals surface area (Å²) in [6, 6.07) is 3.79. The Hall–Kier alpha value is -1.76. The molecule has 0 aliphatic heterocycles. The molecule has 5 nitrogen and oxygen atoms in total. The topological polar surface area (TPSA) is 65.2 Å². The van der Waals surface area contributed by atoms with E-state index in [9.17, 15) is 9.18 Å². The molecule has 0 amide bonds. The first-order valence-electron chi connectivity index (χ1n) is 6.03. The second-order valence-corrected chi connectivity index (χ2v) is 4.91. The van der Waals surface area contributed by atoms with E-state index in [1.807, 2.05) is 6.92 Å². The number of carbonyl (C=O) groups is 1. The highest BCUT2D eigenvalue weighted by molar-refractivity contribution is 9.10. The number of aromatic nitrogens is 2. The number of aryl methyl sites for hydroxylation is 1. The molecule has 1 aromatic carbocycles. The molecular weight excluding hydrogens is 331 g/mol. The quantitative estimate of drug-likeness (QED) is 0.780. The van der Waals surface area contributed by atoms with E-state index in [1.165, 1.54) is 12.1 Å². The second-order valence-electron chi connectivity index (χ2n) is 4.05. The standard InChI is InChI=1S/C13H12BrFN2O3/c1-2-3-11-16-12(20-17-11)7-19-13(18)9-6-8(15)4-5-10(9)14/h4-6H,2-3,7H2,1H3. The first kappa shape index (κ1) is 14.6. The summed E-state index contributed by atoms with van der Waals surface area (Å²) < 4.78 is 23.5. The van der Waals surface area contributed by atoms with Crippen LogP contribution in [0.1, 0.15) is 35.4 Å². The molecule has 2 aromatic rings. The van der Waals surface area contributed by atoms with Gasteiger partial charge < -0.3 is 9.26 Å². The number of nitrogens with zero attached hydrogens (tertiary/aromatic N) is 2. The molecule has 0 atom stereocenters. The van der Waals surface area contributed by atoms with Gasteiger partial charge in [-0.15, -0.1) is 0 Å². The smallest absolute Gasteiger partial charge is 0.339 e. The van der Waals surface area contributed by atoms with E-state index in [0.717, 1.165) is 12.5 Å². The molecule has 0 N–H and O–H groups in total. The van der Waals surface area contributed by atoms with Crippen LogP contribution >= 0.6 is 15.9 Å². The highest BCUT2D eigenvalue weighted by Gasteiger charge is 2.14. The Labute approximate surface area is 123 Å². The predicted molar refractivity (Wildman–Crippen MR) is 71.5 cm³/mol. The maximum atomic E-state index is 13.1. The molecule has 0 saturated carbocycles. The number of benzene rings is 1. The minimum atomic E-state index is -0.661. The highest BCUT2D eigenvalue weighted by atomic mass is 79.9. The summed E-state index contributed by atoms with van der Waals surface area (Å²) in [4.78, 5) is 15.9. The van der Waals surface area contributed by atoms with Crippen molar-refractivity contribution in [3.8, 4) is 0 Å². The van der Waals surface area contributed by atoms with Gasteiger partial charge in [-0.3, -0.25) is 0 Å². The molecule has 0 aliphatic carbocycles. The lowest BCUT2D eigenvalue weighted by Crippen LogP contribution is -2.07. The largest absolute Gasteiger partial charge is 0.452 e. The van der Waals surface area contributed by atoms with Gasteiger partial charge in [0.05, 0.1) is 5.56 Å². The first-order chi connectivity index (χ1) is 9.60. The Kier molecular flexibility index (Phi) is 4.84. The zero-order chi connectivity index (χ0) is 14.5. The summed E-state index contributed by atoms with van der Waals surface area (Å²) in [5.41, 5.74) is 0.110. The molecule has 0 aliphatic rings. The number of esters is 1. The number of ether oxygens (including phenoxy) is 1. The Balaban J connectivity index is 1.99. The number of halogens is 2. The predicted octanol–water partition coefficient (Wildman–Crippen LogP) is 3.28. The fourth-order valence-electron chi connectivity index (χ4n) is 1.53. The van der Waals surface area contributed by atoms with Crippen molar-refractivity contribution in [3.63, 3.8) is 0 Å². The van der Waals surface area contributed by atoms with Crippen LogP contribution in [0.5, 0.6) is 0 Å². The second kappa shape index (κ2) is 6.60. The van der Waals surface area contributed by atoms with E-state index < -0.39 is 11.8 Å². The molecule has 106 valence electrons. The zero-order valence-corrected chi connectivity index (χ0v) is 12.3. The molecule has 0 spiro atoms. The molecule has 20 heavy (non-hydrogen) atoms. The molecule has 0 fully saturated rings. The van der Waals surface area contributed by atoms with Gasteiger partial charge in [0.1, 0.15) is 5.82 Å². The summed E-state index contributed by atoms with van der Waals surface area (Å²) in [6.45, 7) is 1.86. The third kappa shape index (κ3) is 3.63. The fourth-order valence-corrected chi connectivity index (χ4v) is 1.94. The molecule has 0 saturated heterocycles. The Bertz CT molecular complexity index is 615. The summed E-state index contributed by atoms with van der Waals surface area (Å²) >= 11 is 3.16. The average molecular weight is 343 g/mol. The number of hydrogen-bond donors (Lipinski definition) is 0. The van der Waals surface area contributed by atoms with Gasteiger partial charge in [-0.1, -0.05) is 12.1 Å². The zero-order valence-electron chi connectivity index (χ0n) is 10.7. The van der Waals surface area contributed by atoms with Crippen molar-refractivity contribution in [1.82, 2.24) is 10.1 Å². The maximum Gasteiger partial charge on any atom is 0.339 e. The van der Waals surface area contributed by atoms with Crippen molar-refractivity contribution in [1.29, 1.82) is 0 Å². The molecule has 0 unspecified atom stereocenters. The molecular formula is C13H12BrFN2O3. The van der Waals surface area contributed by atoms with Gasteiger partial charge in [-0.25, -0.2) is 9.18 Å². The first-order valence-corrected chi connectivity index (χ1v) is 6.83.